The van der Waals surface area contributed by atoms with Gasteiger partial charge in [0.2, 0.25) is 0 Å². The SMILES string of the molecule is [C-]#[N+]c1nccnc1N1CCN2[C@@H](CC[C@@H]2c2cc(-c3ccccc3Cl)on2)C1. The fourth-order valence-corrected chi connectivity index (χ4v) is 4.65. The third kappa shape index (κ3) is 3.24. The predicted octanol–water partition coefficient (Wildman–Crippen LogP) is 4.36. The van der Waals surface area contributed by atoms with E-state index in [0.29, 0.717) is 28.5 Å². The normalized spacial score (nSPS) is 21.7. The van der Waals surface area contributed by atoms with Crippen LogP contribution in [0.15, 0.2) is 47.2 Å². The van der Waals surface area contributed by atoms with Gasteiger partial charge in [0.25, 0.3) is 0 Å². The number of fused-ring (bicyclic) bond motifs is 1. The van der Waals surface area contributed by atoms with E-state index in [1.54, 1.807) is 12.4 Å². The number of hydrogen-bond acceptors (Lipinski definition) is 6. The Morgan fingerprint density at radius 3 is 2.86 bits per heavy atom. The number of piperazine rings is 1. The van der Waals surface area contributed by atoms with Crippen molar-refractivity contribution in [3.63, 3.8) is 0 Å². The molecule has 0 saturated carbocycles. The van der Waals surface area contributed by atoms with Gasteiger partial charge in [-0.25, -0.2) is 4.98 Å². The fourth-order valence-electron chi connectivity index (χ4n) is 4.42. The molecule has 8 heteroatoms. The molecule has 0 unspecified atom stereocenters. The van der Waals surface area contributed by atoms with Crippen LogP contribution in [0, 0.1) is 6.57 Å². The molecule has 0 amide bonds. The standard InChI is InChI=1S/C21H19ClN6O/c1-23-20-21(25-9-8-24-20)27-10-11-28-14(13-27)6-7-18(28)17-12-19(29-26-17)15-4-2-3-5-16(15)22/h2-5,8-9,12,14,18H,6-7,10-11,13H2/t14-,18+/m0/s1. The van der Waals surface area contributed by atoms with Crippen molar-refractivity contribution in [2.45, 2.75) is 24.9 Å². The number of benzene rings is 1. The number of halogens is 1. The monoisotopic (exact) mass is 406 g/mol. The van der Waals surface area contributed by atoms with Gasteiger partial charge in [0.15, 0.2) is 11.6 Å². The summed E-state index contributed by atoms with van der Waals surface area (Å²) in [4.78, 5) is 16.8. The van der Waals surface area contributed by atoms with Crippen LogP contribution in [0.3, 0.4) is 0 Å². The Balaban J connectivity index is 1.34. The van der Waals surface area contributed by atoms with Crippen molar-refractivity contribution in [2.24, 2.45) is 0 Å². The van der Waals surface area contributed by atoms with Crippen molar-refractivity contribution in [1.82, 2.24) is 20.0 Å². The van der Waals surface area contributed by atoms with Crippen LogP contribution in [-0.2, 0) is 0 Å². The van der Waals surface area contributed by atoms with Crippen LogP contribution in [0.2, 0.25) is 5.02 Å². The van der Waals surface area contributed by atoms with E-state index >= 15 is 0 Å². The van der Waals surface area contributed by atoms with Gasteiger partial charge in [0.05, 0.1) is 17.3 Å². The van der Waals surface area contributed by atoms with Gasteiger partial charge in [0.1, 0.15) is 11.9 Å². The van der Waals surface area contributed by atoms with Crippen molar-refractivity contribution in [3.8, 4) is 11.3 Å². The summed E-state index contributed by atoms with van der Waals surface area (Å²) >= 11 is 6.30. The number of nitrogens with zero attached hydrogens (tertiary/aromatic N) is 6. The molecular formula is C21H19ClN6O. The maximum absolute atomic E-state index is 7.34. The number of aromatic nitrogens is 3. The molecule has 0 bridgehead atoms. The van der Waals surface area contributed by atoms with Gasteiger partial charge in [-0.3, -0.25) is 4.90 Å². The average molecular weight is 407 g/mol. The van der Waals surface area contributed by atoms with E-state index in [4.69, 9.17) is 22.7 Å². The van der Waals surface area contributed by atoms with E-state index in [2.05, 4.69) is 29.8 Å². The molecule has 0 N–H and O–H groups in total. The van der Waals surface area contributed by atoms with Gasteiger partial charge in [0, 0.05) is 37.3 Å². The molecular weight excluding hydrogens is 388 g/mol. The van der Waals surface area contributed by atoms with Gasteiger partial charge >= 0.3 is 5.82 Å². The van der Waals surface area contributed by atoms with Gasteiger partial charge < -0.3 is 14.3 Å². The van der Waals surface area contributed by atoms with Crippen molar-refractivity contribution in [1.29, 1.82) is 0 Å². The average Bonchev–Trinajstić information content (AvgIpc) is 3.40. The summed E-state index contributed by atoms with van der Waals surface area (Å²) in [5, 5.41) is 5.02. The highest BCUT2D eigenvalue weighted by molar-refractivity contribution is 6.33. The zero-order chi connectivity index (χ0) is 19.8. The Hall–Kier alpha value is -2.95. The molecule has 2 aliphatic rings. The van der Waals surface area contributed by atoms with Crippen LogP contribution in [0.4, 0.5) is 11.6 Å². The van der Waals surface area contributed by atoms with Crippen LogP contribution in [0.25, 0.3) is 16.2 Å². The first-order valence-corrected chi connectivity index (χ1v) is 10.0. The molecule has 146 valence electrons. The maximum Gasteiger partial charge on any atom is 0.312 e. The Morgan fingerprint density at radius 1 is 1.14 bits per heavy atom. The summed E-state index contributed by atoms with van der Waals surface area (Å²) < 4.78 is 5.62. The van der Waals surface area contributed by atoms with Crippen LogP contribution in [0.5, 0.6) is 0 Å². The number of anilines is 1. The predicted molar refractivity (Wildman–Crippen MR) is 110 cm³/mol. The first kappa shape index (κ1) is 18.1. The van der Waals surface area contributed by atoms with E-state index in [0.717, 1.165) is 43.7 Å². The molecule has 4 heterocycles. The first-order chi connectivity index (χ1) is 14.2. The number of hydrogen-bond donors (Lipinski definition) is 0. The quantitative estimate of drug-likeness (QED) is 0.602. The van der Waals surface area contributed by atoms with Crippen molar-refractivity contribution in [3.05, 3.63) is 64.9 Å². The molecule has 0 spiro atoms. The van der Waals surface area contributed by atoms with Crippen molar-refractivity contribution >= 4 is 23.2 Å². The topological polar surface area (TPSA) is 62.7 Å². The summed E-state index contributed by atoms with van der Waals surface area (Å²) in [5.41, 5.74) is 1.82. The first-order valence-electron chi connectivity index (χ1n) is 9.65. The highest BCUT2D eigenvalue weighted by Gasteiger charge is 2.40. The largest absolute Gasteiger partial charge is 0.361 e. The smallest absolute Gasteiger partial charge is 0.312 e. The third-order valence-electron chi connectivity index (χ3n) is 5.78. The minimum Gasteiger partial charge on any atom is -0.361 e. The zero-order valence-corrected chi connectivity index (χ0v) is 16.5. The summed E-state index contributed by atoms with van der Waals surface area (Å²) in [6.45, 7) is 9.88. The zero-order valence-electron chi connectivity index (χ0n) is 15.7. The Bertz CT molecular complexity index is 1080. The van der Waals surface area contributed by atoms with Crippen LogP contribution in [0.1, 0.15) is 24.6 Å². The Morgan fingerprint density at radius 2 is 2.00 bits per heavy atom. The minimum absolute atomic E-state index is 0.240. The van der Waals surface area contributed by atoms with E-state index in [9.17, 15) is 0 Å². The van der Waals surface area contributed by atoms with Gasteiger partial charge in [-0.05, 0) is 25.0 Å². The summed E-state index contributed by atoms with van der Waals surface area (Å²) in [6.07, 6.45) is 5.32. The molecule has 0 radical (unpaired) electrons. The molecule has 2 aromatic heterocycles. The second-order valence-electron chi connectivity index (χ2n) is 7.34. The second-order valence-corrected chi connectivity index (χ2v) is 7.75. The highest BCUT2D eigenvalue weighted by atomic mass is 35.5. The molecule has 5 rings (SSSR count). The molecule has 29 heavy (non-hydrogen) atoms. The highest BCUT2D eigenvalue weighted by Crippen LogP contribution is 2.40. The molecule has 2 saturated heterocycles. The molecule has 1 aromatic carbocycles. The molecule has 2 aliphatic heterocycles. The van der Waals surface area contributed by atoms with E-state index in [-0.39, 0.29) is 6.04 Å². The Labute approximate surface area is 173 Å². The fraction of sp³-hybridized carbons (Fsp3) is 0.333. The van der Waals surface area contributed by atoms with E-state index < -0.39 is 0 Å². The molecule has 3 aromatic rings. The maximum atomic E-state index is 7.34. The van der Waals surface area contributed by atoms with Crippen LogP contribution >= 0.6 is 11.6 Å². The molecule has 2 atom stereocenters. The van der Waals surface area contributed by atoms with E-state index in [1.807, 2.05) is 30.3 Å². The van der Waals surface area contributed by atoms with Crippen LogP contribution in [-0.4, -0.2) is 45.7 Å². The second kappa shape index (κ2) is 7.47. The minimum atomic E-state index is 0.240. The Kier molecular flexibility index (Phi) is 4.66. The summed E-state index contributed by atoms with van der Waals surface area (Å²) in [6, 6.07) is 10.3. The van der Waals surface area contributed by atoms with Crippen molar-refractivity contribution < 1.29 is 4.52 Å². The lowest BCUT2D eigenvalue weighted by Gasteiger charge is -2.40. The van der Waals surface area contributed by atoms with E-state index in [1.165, 1.54) is 0 Å². The summed E-state index contributed by atoms with van der Waals surface area (Å²) in [5.74, 6) is 1.76. The molecule has 2 fully saturated rings. The summed E-state index contributed by atoms with van der Waals surface area (Å²) in [7, 11) is 0. The molecule has 7 nitrogen and oxygen atoms in total. The van der Waals surface area contributed by atoms with Gasteiger partial charge in [-0.1, -0.05) is 35.5 Å². The number of rotatable bonds is 3. The lowest BCUT2D eigenvalue weighted by molar-refractivity contribution is 0.170. The lowest BCUT2D eigenvalue weighted by atomic mass is 10.1. The van der Waals surface area contributed by atoms with Gasteiger partial charge in [-0.15, -0.1) is 4.98 Å². The van der Waals surface area contributed by atoms with Crippen molar-refractivity contribution in [2.75, 3.05) is 24.5 Å². The lowest BCUT2D eigenvalue weighted by Crippen LogP contribution is -2.51. The molecule has 0 aliphatic carbocycles. The van der Waals surface area contributed by atoms with Crippen LogP contribution < -0.4 is 4.90 Å². The van der Waals surface area contributed by atoms with Gasteiger partial charge in [-0.2, -0.15) is 0 Å². The third-order valence-corrected chi connectivity index (χ3v) is 6.11.